The van der Waals surface area contributed by atoms with E-state index in [4.69, 9.17) is 0 Å². The number of anilines is 1. The largest absolute Gasteiger partial charge is 0.335 e. The van der Waals surface area contributed by atoms with Gasteiger partial charge in [-0.2, -0.15) is 0 Å². The number of aryl methyl sites for hydroxylation is 1. The molecule has 0 radical (unpaired) electrons. The second-order valence-corrected chi connectivity index (χ2v) is 7.98. The third kappa shape index (κ3) is 4.33. The van der Waals surface area contributed by atoms with E-state index >= 15 is 0 Å². The predicted octanol–water partition coefficient (Wildman–Crippen LogP) is 4.70. The van der Waals surface area contributed by atoms with Crippen LogP contribution < -0.4 is 10.6 Å². The second kappa shape index (κ2) is 8.13. The highest BCUT2D eigenvalue weighted by atomic mass is 16.2. The fraction of sp³-hybridized carbons (Fsp3) is 0.435. The Labute approximate surface area is 162 Å². The number of piperidine rings is 2. The van der Waals surface area contributed by atoms with Gasteiger partial charge in [0.25, 0.3) is 0 Å². The number of fused-ring (bicyclic) bond motifs is 2. The lowest BCUT2D eigenvalue weighted by molar-refractivity contribution is 0.0200. The smallest absolute Gasteiger partial charge is 0.319 e. The van der Waals surface area contributed by atoms with Gasteiger partial charge in [0.05, 0.1) is 0 Å². The van der Waals surface area contributed by atoms with Crippen molar-refractivity contribution in [3.8, 4) is 0 Å². The Balaban J connectivity index is 1.37. The number of amides is 2. The molecule has 142 valence electrons. The van der Waals surface area contributed by atoms with Crippen LogP contribution in [0.2, 0.25) is 0 Å². The van der Waals surface area contributed by atoms with Crippen LogP contribution in [0.5, 0.6) is 0 Å². The summed E-state index contributed by atoms with van der Waals surface area (Å²) in [6.45, 7) is 3.04. The van der Waals surface area contributed by atoms with Crippen LogP contribution in [0.4, 0.5) is 10.5 Å². The van der Waals surface area contributed by atoms with E-state index in [2.05, 4.69) is 45.9 Å². The van der Waals surface area contributed by atoms with Crippen LogP contribution in [-0.2, 0) is 6.54 Å². The number of hydrogen-bond acceptors (Lipinski definition) is 2. The van der Waals surface area contributed by atoms with Gasteiger partial charge in [-0.15, -0.1) is 0 Å². The van der Waals surface area contributed by atoms with Crippen molar-refractivity contribution in [1.29, 1.82) is 0 Å². The standard InChI is InChI=1S/C23H29N3O/c1-17-8-5-6-13-22(17)25-23(27)24-19-14-20-11-7-12-21(15-19)26(20)16-18-9-3-2-4-10-18/h2-6,8-10,13,19-21H,7,11-12,14-16H2,1H3,(H2,24,25,27)/t19?,20-,21+. The highest BCUT2D eigenvalue weighted by Crippen LogP contribution is 2.35. The molecular formula is C23H29N3O. The number of hydrogen-bond donors (Lipinski definition) is 2. The SMILES string of the molecule is Cc1ccccc1NC(=O)NC1C[C@H]2CCC[C@@H](C1)N2Cc1ccccc1. The lowest BCUT2D eigenvalue weighted by Gasteiger charge is -2.49. The molecule has 0 saturated carbocycles. The Morgan fingerprint density at radius 1 is 1.00 bits per heavy atom. The topological polar surface area (TPSA) is 44.4 Å². The Kier molecular flexibility index (Phi) is 5.44. The average molecular weight is 364 g/mol. The van der Waals surface area contributed by atoms with Gasteiger partial charge in [-0.05, 0) is 49.8 Å². The molecular weight excluding hydrogens is 334 g/mol. The Morgan fingerprint density at radius 2 is 1.67 bits per heavy atom. The van der Waals surface area contributed by atoms with Crippen molar-refractivity contribution >= 4 is 11.7 Å². The molecule has 0 aromatic heterocycles. The first-order valence-electron chi connectivity index (χ1n) is 10.1. The summed E-state index contributed by atoms with van der Waals surface area (Å²) in [7, 11) is 0. The molecule has 2 fully saturated rings. The number of carbonyl (C=O) groups excluding carboxylic acids is 1. The molecule has 2 aliphatic heterocycles. The molecule has 3 atom stereocenters. The fourth-order valence-corrected chi connectivity index (χ4v) is 4.71. The molecule has 2 heterocycles. The van der Waals surface area contributed by atoms with Gasteiger partial charge >= 0.3 is 6.03 Å². The van der Waals surface area contributed by atoms with E-state index in [0.717, 1.165) is 30.6 Å². The van der Waals surface area contributed by atoms with Crippen molar-refractivity contribution in [2.45, 2.75) is 63.7 Å². The van der Waals surface area contributed by atoms with E-state index < -0.39 is 0 Å². The molecule has 4 heteroatoms. The van der Waals surface area contributed by atoms with Crippen molar-refractivity contribution in [2.75, 3.05) is 5.32 Å². The summed E-state index contributed by atoms with van der Waals surface area (Å²) in [6.07, 6.45) is 5.87. The lowest BCUT2D eigenvalue weighted by Crippen LogP contribution is -2.56. The van der Waals surface area contributed by atoms with Gasteiger partial charge < -0.3 is 10.6 Å². The molecule has 2 aromatic rings. The minimum absolute atomic E-state index is 0.0797. The number of urea groups is 1. The normalized spacial score (nSPS) is 25.0. The molecule has 2 aromatic carbocycles. The molecule has 2 saturated heterocycles. The van der Waals surface area contributed by atoms with Gasteiger partial charge in [0, 0.05) is 30.4 Å². The number of rotatable bonds is 4. The zero-order chi connectivity index (χ0) is 18.6. The molecule has 4 rings (SSSR count). The van der Waals surface area contributed by atoms with Crippen LogP contribution in [-0.4, -0.2) is 29.1 Å². The first kappa shape index (κ1) is 18.1. The van der Waals surface area contributed by atoms with Crippen LogP contribution in [0, 0.1) is 6.92 Å². The molecule has 2 amide bonds. The van der Waals surface area contributed by atoms with E-state index in [0.29, 0.717) is 12.1 Å². The van der Waals surface area contributed by atoms with Crippen molar-refractivity contribution < 1.29 is 4.79 Å². The van der Waals surface area contributed by atoms with Gasteiger partial charge in [-0.25, -0.2) is 4.79 Å². The summed E-state index contributed by atoms with van der Waals surface area (Å²) in [5.41, 5.74) is 3.36. The van der Waals surface area contributed by atoms with Crippen molar-refractivity contribution in [3.05, 3.63) is 65.7 Å². The minimum atomic E-state index is -0.0797. The quantitative estimate of drug-likeness (QED) is 0.827. The number of para-hydroxylation sites is 1. The van der Waals surface area contributed by atoms with E-state index in [9.17, 15) is 4.79 Å². The summed E-state index contributed by atoms with van der Waals surface area (Å²) in [5, 5.41) is 6.24. The molecule has 0 spiro atoms. The Hall–Kier alpha value is -2.33. The van der Waals surface area contributed by atoms with Crippen molar-refractivity contribution in [1.82, 2.24) is 10.2 Å². The molecule has 2 bridgehead atoms. The van der Waals surface area contributed by atoms with E-state index in [1.165, 1.54) is 24.8 Å². The van der Waals surface area contributed by atoms with Crippen LogP contribution >= 0.6 is 0 Å². The van der Waals surface area contributed by atoms with Crippen LogP contribution in [0.3, 0.4) is 0 Å². The van der Waals surface area contributed by atoms with E-state index in [1.54, 1.807) is 0 Å². The van der Waals surface area contributed by atoms with E-state index in [-0.39, 0.29) is 12.1 Å². The number of nitrogens with zero attached hydrogens (tertiary/aromatic N) is 1. The molecule has 0 aliphatic carbocycles. The Bertz CT molecular complexity index is 762. The van der Waals surface area contributed by atoms with Crippen molar-refractivity contribution in [2.24, 2.45) is 0 Å². The zero-order valence-corrected chi connectivity index (χ0v) is 16.0. The fourth-order valence-electron chi connectivity index (χ4n) is 4.71. The summed E-state index contributed by atoms with van der Waals surface area (Å²) >= 11 is 0. The van der Waals surface area contributed by atoms with Gasteiger partial charge in [0.2, 0.25) is 0 Å². The maximum absolute atomic E-state index is 12.5. The average Bonchev–Trinajstić information content (AvgIpc) is 2.65. The van der Waals surface area contributed by atoms with Crippen LogP contribution in [0.1, 0.15) is 43.2 Å². The number of benzene rings is 2. The first-order chi connectivity index (χ1) is 13.2. The third-order valence-electron chi connectivity index (χ3n) is 6.06. The first-order valence-corrected chi connectivity index (χ1v) is 10.1. The van der Waals surface area contributed by atoms with Gasteiger partial charge in [0.1, 0.15) is 0 Å². The summed E-state index contributed by atoms with van der Waals surface area (Å²) in [6, 6.07) is 20.0. The highest BCUT2D eigenvalue weighted by molar-refractivity contribution is 5.90. The van der Waals surface area contributed by atoms with Gasteiger partial charge in [-0.3, -0.25) is 4.90 Å². The van der Waals surface area contributed by atoms with Gasteiger partial charge in [-0.1, -0.05) is 55.0 Å². The molecule has 2 aliphatic rings. The third-order valence-corrected chi connectivity index (χ3v) is 6.06. The van der Waals surface area contributed by atoms with Gasteiger partial charge in [0.15, 0.2) is 0 Å². The maximum Gasteiger partial charge on any atom is 0.319 e. The highest BCUT2D eigenvalue weighted by Gasteiger charge is 2.38. The molecule has 2 N–H and O–H groups in total. The van der Waals surface area contributed by atoms with Crippen LogP contribution in [0.25, 0.3) is 0 Å². The molecule has 4 nitrogen and oxygen atoms in total. The maximum atomic E-state index is 12.5. The predicted molar refractivity (Wildman–Crippen MR) is 110 cm³/mol. The second-order valence-electron chi connectivity index (χ2n) is 7.98. The summed E-state index contributed by atoms with van der Waals surface area (Å²) in [5.74, 6) is 0. The molecule has 27 heavy (non-hydrogen) atoms. The summed E-state index contributed by atoms with van der Waals surface area (Å²) < 4.78 is 0. The zero-order valence-electron chi connectivity index (χ0n) is 16.0. The van der Waals surface area contributed by atoms with Crippen molar-refractivity contribution in [3.63, 3.8) is 0 Å². The summed E-state index contributed by atoms with van der Waals surface area (Å²) in [4.78, 5) is 15.2. The van der Waals surface area contributed by atoms with Crippen LogP contribution in [0.15, 0.2) is 54.6 Å². The molecule has 1 unspecified atom stereocenters. The monoisotopic (exact) mass is 363 g/mol. The lowest BCUT2D eigenvalue weighted by atomic mass is 9.81. The number of nitrogens with one attached hydrogen (secondary N) is 2. The van der Waals surface area contributed by atoms with E-state index in [1.807, 2.05) is 31.2 Å². The number of carbonyl (C=O) groups is 1. The minimum Gasteiger partial charge on any atom is -0.335 e. The Morgan fingerprint density at radius 3 is 2.37 bits per heavy atom.